The molecule has 5 nitrogen and oxygen atoms in total. The maximum absolute atomic E-state index is 12.2. The van der Waals surface area contributed by atoms with Crippen molar-refractivity contribution in [2.75, 3.05) is 0 Å². The Morgan fingerprint density at radius 3 is 2.50 bits per heavy atom. The standard InChI is InChI=1S/C25H27ClN2O3Si/c1-25(2,3)32(4,5)31-15-16-10-11-21-18(12-16)14-22(28(21)24(29)30)19-13-17-8-6-7-9-20(17)27-23(19)26/h6-14H,15H2,1-5H3,(H,29,30). The van der Waals surface area contributed by atoms with Gasteiger partial charge in [-0.15, -0.1) is 0 Å². The molecule has 0 saturated carbocycles. The molecule has 0 aliphatic carbocycles. The Balaban J connectivity index is 1.79. The number of hydrogen-bond donors (Lipinski definition) is 1. The van der Waals surface area contributed by atoms with Gasteiger partial charge in [0, 0.05) is 16.3 Å². The lowest BCUT2D eigenvalue weighted by Gasteiger charge is -2.36. The smallest absolute Gasteiger partial charge is 0.416 e. The summed E-state index contributed by atoms with van der Waals surface area (Å²) in [5.74, 6) is 0. The maximum atomic E-state index is 12.2. The minimum atomic E-state index is -1.89. The van der Waals surface area contributed by atoms with Crippen molar-refractivity contribution in [1.29, 1.82) is 0 Å². The van der Waals surface area contributed by atoms with Crippen LogP contribution in [0, 0.1) is 0 Å². The van der Waals surface area contributed by atoms with Crippen molar-refractivity contribution in [2.24, 2.45) is 0 Å². The van der Waals surface area contributed by atoms with E-state index in [1.54, 1.807) is 0 Å². The molecule has 0 saturated heterocycles. The van der Waals surface area contributed by atoms with Crippen molar-refractivity contribution in [1.82, 2.24) is 9.55 Å². The summed E-state index contributed by atoms with van der Waals surface area (Å²) in [7, 11) is -1.89. The van der Waals surface area contributed by atoms with E-state index in [0.717, 1.165) is 21.9 Å². The number of benzene rings is 2. The minimum absolute atomic E-state index is 0.122. The summed E-state index contributed by atoms with van der Waals surface area (Å²) in [6, 6.07) is 17.1. The Morgan fingerprint density at radius 1 is 1.09 bits per heavy atom. The highest BCUT2D eigenvalue weighted by molar-refractivity contribution is 6.74. The van der Waals surface area contributed by atoms with Gasteiger partial charge in [-0.3, -0.25) is 0 Å². The highest BCUT2D eigenvalue weighted by atomic mass is 35.5. The molecule has 0 spiro atoms. The number of rotatable bonds is 4. The van der Waals surface area contributed by atoms with Crippen LogP contribution in [-0.4, -0.2) is 29.1 Å². The topological polar surface area (TPSA) is 64.4 Å². The lowest BCUT2D eigenvalue weighted by atomic mass is 10.1. The van der Waals surface area contributed by atoms with Crippen molar-refractivity contribution in [3.63, 3.8) is 0 Å². The summed E-state index contributed by atoms with van der Waals surface area (Å²) in [5, 5.41) is 12.1. The normalized spacial score (nSPS) is 12.6. The first kappa shape index (κ1) is 22.5. The van der Waals surface area contributed by atoms with Gasteiger partial charge in [-0.25, -0.2) is 14.3 Å². The fourth-order valence-corrected chi connectivity index (χ4v) is 4.71. The van der Waals surface area contributed by atoms with Gasteiger partial charge in [0.2, 0.25) is 0 Å². The fourth-order valence-electron chi connectivity index (χ4n) is 3.51. The Labute approximate surface area is 193 Å². The molecule has 0 aliphatic rings. The van der Waals surface area contributed by atoms with Gasteiger partial charge in [0.05, 0.1) is 23.3 Å². The number of carboxylic acid groups (broad SMARTS) is 1. The molecule has 0 unspecified atom stereocenters. The Hall–Kier alpha value is -2.67. The second kappa shape index (κ2) is 8.03. The molecule has 7 heteroatoms. The zero-order valence-corrected chi connectivity index (χ0v) is 20.7. The molecule has 2 aromatic heterocycles. The van der Waals surface area contributed by atoms with E-state index in [4.69, 9.17) is 16.0 Å². The van der Waals surface area contributed by atoms with E-state index in [9.17, 15) is 9.90 Å². The highest BCUT2D eigenvalue weighted by Crippen LogP contribution is 2.38. The molecule has 32 heavy (non-hydrogen) atoms. The molecule has 0 fully saturated rings. The van der Waals surface area contributed by atoms with Gasteiger partial charge in [0.15, 0.2) is 8.32 Å². The van der Waals surface area contributed by atoms with E-state index in [1.165, 1.54) is 4.57 Å². The van der Waals surface area contributed by atoms with Gasteiger partial charge >= 0.3 is 6.09 Å². The first-order valence-electron chi connectivity index (χ1n) is 10.6. The summed E-state index contributed by atoms with van der Waals surface area (Å²) < 4.78 is 7.62. The van der Waals surface area contributed by atoms with Gasteiger partial charge in [-0.05, 0) is 54.0 Å². The van der Waals surface area contributed by atoms with Gasteiger partial charge in [0.25, 0.3) is 0 Å². The van der Waals surface area contributed by atoms with Crippen molar-refractivity contribution in [3.05, 3.63) is 65.3 Å². The number of nitrogens with zero attached hydrogens (tertiary/aromatic N) is 2. The van der Waals surface area contributed by atoms with Crippen LogP contribution in [0.3, 0.4) is 0 Å². The SMILES string of the molecule is CC(C)(C)[Si](C)(C)OCc1ccc2c(c1)cc(-c1cc3ccccc3nc1Cl)n2C(=O)O. The Kier molecular flexibility index (Phi) is 5.65. The fraction of sp³-hybridized carbons (Fsp3) is 0.280. The van der Waals surface area contributed by atoms with Crippen LogP contribution in [0.15, 0.2) is 54.6 Å². The van der Waals surface area contributed by atoms with Crippen LogP contribution < -0.4 is 0 Å². The summed E-state index contributed by atoms with van der Waals surface area (Å²) in [6.45, 7) is 11.6. The van der Waals surface area contributed by atoms with Crippen molar-refractivity contribution in [2.45, 2.75) is 45.5 Å². The van der Waals surface area contributed by atoms with E-state index in [1.807, 2.05) is 54.6 Å². The second-order valence-electron chi connectivity index (χ2n) is 9.61. The van der Waals surface area contributed by atoms with Crippen LogP contribution >= 0.6 is 11.6 Å². The van der Waals surface area contributed by atoms with E-state index in [2.05, 4.69) is 38.8 Å². The molecule has 4 rings (SSSR count). The van der Waals surface area contributed by atoms with Gasteiger partial charge in [0.1, 0.15) is 5.15 Å². The second-order valence-corrected chi connectivity index (χ2v) is 14.8. The third-order valence-corrected chi connectivity index (χ3v) is 11.2. The molecule has 0 radical (unpaired) electrons. The molecule has 0 aliphatic heterocycles. The molecule has 2 aromatic carbocycles. The molecule has 0 bridgehead atoms. The van der Waals surface area contributed by atoms with Gasteiger partial charge in [-0.2, -0.15) is 0 Å². The monoisotopic (exact) mass is 466 g/mol. The zero-order valence-electron chi connectivity index (χ0n) is 18.9. The number of para-hydroxylation sites is 1. The van der Waals surface area contributed by atoms with Crippen LogP contribution in [0.2, 0.25) is 23.3 Å². The molecule has 0 atom stereocenters. The predicted molar refractivity (Wildman–Crippen MR) is 133 cm³/mol. The molecule has 4 aromatic rings. The highest BCUT2D eigenvalue weighted by Gasteiger charge is 2.37. The summed E-state index contributed by atoms with van der Waals surface area (Å²) in [6.07, 6.45) is -1.07. The number of aromatic nitrogens is 2. The average Bonchev–Trinajstić information content (AvgIpc) is 3.09. The van der Waals surface area contributed by atoms with E-state index < -0.39 is 14.4 Å². The largest absolute Gasteiger partial charge is 0.464 e. The summed E-state index contributed by atoms with van der Waals surface area (Å²) in [4.78, 5) is 16.6. The lowest BCUT2D eigenvalue weighted by Crippen LogP contribution is -2.40. The van der Waals surface area contributed by atoms with Crippen LogP contribution in [0.1, 0.15) is 26.3 Å². The average molecular weight is 467 g/mol. The van der Waals surface area contributed by atoms with Crippen LogP contribution in [0.25, 0.3) is 33.1 Å². The molecule has 2 heterocycles. The first-order valence-corrected chi connectivity index (χ1v) is 13.8. The third kappa shape index (κ3) is 4.06. The number of halogens is 1. The first-order chi connectivity index (χ1) is 15.0. The minimum Gasteiger partial charge on any atom is -0.464 e. The number of fused-ring (bicyclic) bond motifs is 2. The van der Waals surface area contributed by atoms with Gasteiger partial charge in [-0.1, -0.05) is 56.6 Å². The Bertz CT molecular complexity index is 1340. The van der Waals surface area contributed by atoms with E-state index in [0.29, 0.717) is 23.4 Å². The zero-order chi connectivity index (χ0) is 23.3. The predicted octanol–water partition coefficient (Wildman–Crippen LogP) is 7.56. The number of pyridine rings is 1. The van der Waals surface area contributed by atoms with E-state index in [-0.39, 0.29) is 10.2 Å². The number of carbonyl (C=O) groups is 1. The number of hydrogen-bond acceptors (Lipinski definition) is 3. The molecule has 1 N–H and O–H groups in total. The molecule has 0 amide bonds. The van der Waals surface area contributed by atoms with Crippen molar-refractivity contribution >= 4 is 47.8 Å². The summed E-state index contributed by atoms with van der Waals surface area (Å²) >= 11 is 6.48. The molecular weight excluding hydrogens is 440 g/mol. The van der Waals surface area contributed by atoms with Crippen LogP contribution in [0.4, 0.5) is 4.79 Å². The van der Waals surface area contributed by atoms with Crippen LogP contribution in [-0.2, 0) is 11.0 Å². The third-order valence-electron chi connectivity index (χ3n) is 6.42. The van der Waals surface area contributed by atoms with Crippen LogP contribution in [0.5, 0.6) is 0 Å². The van der Waals surface area contributed by atoms with Crippen molar-refractivity contribution in [3.8, 4) is 11.3 Å². The molecular formula is C25H27ClN2O3Si. The quantitative estimate of drug-likeness (QED) is 0.249. The lowest BCUT2D eigenvalue weighted by molar-refractivity contribution is 0.198. The maximum Gasteiger partial charge on any atom is 0.416 e. The summed E-state index contributed by atoms with van der Waals surface area (Å²) in [5.41, 5.74) is 3.47. The Morgan fingerprint density at radius 2 is 1.81 bits per heavy atom. The molecule has 166 valence electrons. The van der Waals surface area contributed by atoms with Crippen molar-refractivity contribution < 1.29 is 14.3 Å². The van der Waals surface area contributed by atoms with Gasteiger partial charge < -0.3 is 9.53 Å². The van der Waals surface area contributed by atoms with E-state index >= 15 is 0 Å².